The van der Waals surface area contributed by atoms with Crippen molar-refractivity contribution in [2.75, 3.05) is 12.4 Å². The fourth-order valence-corrected chi connectivity index (χ4v) is 2.52. The summed E-state index contributed by atoms with van der Waals surface area (Å²) in [6.07, 6.45) is 3.87. The molecule has 1 aliphatic carbocycles. The number of anilines is 1. The molecule has 5 heteroatoms. The molecule has 2 atom stereocenters. The molecule has 1 aliphatic rings. The van der Waals surface area contributed by atoms with Crippen molar-refractivity contribution in [1.29, 1.82) is 0 Å². The Hall–Kier alpha value is -0.680. The zero-order valence-electron chi connectivity index (χ0n) is 8.49. The van der Waals surface area contributed by atoms with E-state index in [0.717, 1.165) is 23.8 Å². The molecule has 2 unspecified atom stereocenters. The van der Waals surface area contributed by atoms with Crippen molar-refractivity contribution < 1.29 is 4.74 Å². The van der Waals surface area contributed by atoms with E-state index in [1.54, 1.807) is 7.11 Å². The predicted molar refractivity (Wildman–Crippen MR) is 56.7 cm³/mol. The third-order valence-electron chi connectivity index (χ3n) is 2.59. The highest BCUT2D eigenvalue weighted by Gasteiger charge is 2.27. The molecular weight excluding hydrogens is 198 g/mol. The highest BCUT2D eigenvalue weighted by molar-refractivity contribution is 7.09. The van der Waals surface area contributed by atoms with Gasteiger partial charge in [-0.15, -0.1) is 0 Å². The van der Waals surface area contributed by atoms with Gasteiger partial charge in [-0.3, -0.25) is 0 Å². The number of hydrogen-bond acceptors (Lipinski definition) is 5. The molecule has 1 N–H and O–H groups in total. The standard InChI is InChI=1S/C9H15N3OS/c1-6-10-9(14-12-6)11-7-4-3-5-8(7)13-2/h7-8H,3-5H2,1-2H3,(H,10,11,12). The molecule has 0 amide bonds. The van der Waals surface area contributed by atoms with Crippen LogP contribution in [0.3, 0.4) is 0 Å². The smallest absolute Gasteiger partial charge is 0.202 e. The lowest BCUT2D eigenvalue weighted by Crippen LogP contribution is -2.29. The minimum Gasteiger partial charge on any atom is -0.379 e. The lowest BCUT2D eigenvalue weighted by molar-refractivity contribution is 0.101. The van der Waals surface area contributed by atoms with Crippen LogP contribution in [0.2, 0.25) is 0 Å². The van der Waals surface area contributed by atoms with E-state index in [-0.39, 0.29) is 0 Å². The summed E-state index contributed by atoms with van der Waals surface area (Å²) < 4.78 is 9.53. The molecule has 0 aromatic carbocycles. The minimum atomic E-state index is 0.333. The van der Waals surface area contributed by atoms with Crippen LogP contribution in [0.25, 0.3) is 0 Å². The number of nitrogens with zero attached hydrogens (tertiary/aromatic N) is 2. The molecule has 0 saturated heterocycles. The Morgan fingerprint density at radius 3 is 3.00 bits per heavy atom. The van der Waals surface area contributed by atoms with Crippen LogP contribution in [-0.4, -0.2) is 28.6 Å². The fourth-order valence-electron chi connectivity index (χ4n) is 1.89. The van der Waals surface area contributed by atoms with E-state index in [4.69, 9.17) is 4.74 Å². The third-order valence-corrected chi connectivity index (χ3v) is 3.33. The zero-order chi connectivity index (χ0) is 9.97. The van der Waals surface area contributed by atoms with Crippen LogP contribution in [0.15, 0.2) is 0 Å². The Morgan fingerprint density at radius 2 is 2.36 bits per heavy atom. The maximum atomic E-state index is 5.40. The Balaban J connectivity index is 1.96. The van der Waals surface area contributed by atoms with Crippen LogP contribution in [-0.2, 0) is 4.74 Å². The van der Waals surface area contributed by atoms with Gasteiger partial charge in [0.25, 0.3) is 0 Å². The second-order valence-corrected chi connectivity index (χ2v) is 4.35. The molecule has 0 spiro atoms. The van der Waals surface area contributed by atoms with Crippen molar-refractivity contribution in [1.82, 2.24) is 9.36 Å². The molecule has 14 heavy (non-hydrogen) atoms. The first-order valence-electron chi connectivity index (χ1n) is 4.89. The van der Waals surface area contributed by atoms with E-state index in [0.29, 0.717) is 12.1 Å². The van der Waals surface area contributed by atoms with Gasteiger partial charge in [-0.2, -0.15) is 4.37 Å². The zero-order valence-corrected chi connectivity index (χ0v) is 9.30. The number of ether oxygens (including phenoxy) is 1. The Labute approximate surface area is 87.9 Å². The van der Waals surface area contributed by atoms with E-state index in [1.807, 2.05) is 6.92 Å². The van der Waals surface area contributed by atoms with E-state index < -0.39 is 0 Å². The van der Waals surface area contributed by atoms with Gasteiger partial charge in [0.05, 0.1) is 12.1 Å². The minimum absolute atomic E-state index is 0.333. The van der Waals surface area contributed by atoms with Gasteiger partial charge in [0.2, 0.25) is 5.13 Å². The summed E-state index contributed by atoms with van der Waals surface area (Å²) in [5.74, 6) is 0.837. The lowest BCUT2D eigenvalue weighted by Gasteiger charge is -2.18. The topological polar surface area (TPSA) is 47.0 Å². The molecule has 1 saturated carbocycles. The van der Waals surface area contributed by atoms with Gasteiger partial charge in [-0.1, -0.05) is 0 Å². The highest BCUT2D eigenvalue weighted by Crippen LogP contribution is 2.25. The van der Waals surface area contributed by atoms with Gasteiger partial charge >= 0.3 is 0 Å². The van der Waals surface area contributed by atoms with Gasteiger partial charge in [0.15, 0.2) is 0 Å². The second-order valence-electron chi connectivity index (χ2n) is 3.60. The van der Waals surface area contributed by atoms with Crippen LogP contribution in [0, 0.1) is 6.92 Å². The summed E-state index contributed by atoms with van der Waals surface area (Å²) in [5, 5.41) is 4.30. The van der Waals surface area contributed by atoms with Crippen molar-refractivity contribution >= 4 is 16.7 Å². The second kappa shape index (κ2) is 4.23. The van der Waals surface area contributed by atoms with E-state index in [9.17, 15) is 0 Å². The average molecular weight is 213 g/mol. The number of aromatic nitrogens is 2. The molecule has 1 fully saturated rings. The van der Waals surface area contributed by atoms with Gasteiger partial charge in [-0.05, 0) is 26.2 Å². The maximum Gasteiger partial charge on any atom is 0.202 e. The van der Waals surface area contributed by atoms with Gasteiger partial charge in [0, 0.05) is 18.6 Å². The van der Waals surface area contributed by atoms with E-state index in [2.05, 4.69) is 14.7 Å². The third kappa shape index (κ3) is 2.04. The first-order chi connectivity index (χ1) is 6.79. The van der Waals surface area contributed by atoms with E-state index >= 15 is 0 Å². The molecule has 78 valence electrons. The summed E-state index contributed by atoms with van der Waals surface area (Å²) in [5.41, 5.74) is 0. The first-order valence-corrected chi connectivity index (χ1v) is 5.66. The van der Waals surface area contributed by atoms with Crippen molar-refractivity contribution in [2.45, 2.75) is 38.3 Å². The highest BCUT2D eigenvalue weighted by atomic mass is 32.1. The molecule has 1 heterocycles. The fraction of sp³-hybridized carbons (Fsp3) is 0.778. The molecular formula is C9H15N3OS. The molecule has 2 rings (SSSR count). The Morgan fingerprint density at radius 1 is 1.50 bits per heavy atom. The number of methoxy groups -OCH3 is 1. The van der Waals surface area contributed by atoms with Crippen molar-refractivity contribution in [3.05, 3.63) is 5.82 Å². The molecule has 0 aliphatic heterocycles. The SMILES string of the molecule is COC1CCCC1Nc1nc(C)ns1. The van der Waals surface area contributed by atoms with Crippen LogP contribution in [0.1, 0.15) is 25.1 Å². The van der Waals surface area contributed by atoms with Crippen molar-refractivity contribution in [3.63, 3.8) is 0 Å². The number of aryl methyl sites for hydroxylation is 1. The van der Waals surface area contributed by atoms with Crippen LogP contribution in [0.4, 0.5) is 5.13 Å². The van der Waals surface area contributed by atoms with Crippen molar-refractivity contribution in [3.8, 4) is 0 Å². The molecule has 0 radical (unpaired) electrons. The Kier molecular flexibility index (Phi) is 2.98. The predicted octanol–water partition coefficient (Wildman–Crippen LogP) is 1.83. The summed E-state index contributed by atoms with van der Waals surface area (Å²) in [6, 6.07) is 0.410. The monoisotopic (exact) mass is 213 g/mol. The number of hydrogen-bond donors (Lipinski definition) is 1. The van der Waals surface area contributed by atoms with Gasteiger partial charge < -0.3 is 10.1 Å². The summed E-state index contributed by atoms with van der Waals surface area (Å²) in [6.45, 7) is 1.91. The van der Waals surface area contributed by atoms with Crippen molar-refractivity contribution in [2.24, 2.45) is 0 Å². The first kappa shape index (κ1) is 9.86. The molecule has 4 nitrogen and oxygen atoms in total. The number of rotatable bonds is 3. The average Bonchev–Trinajstić information content (AvgIpc) is 2.76. The van der Waals surface area contributed by atoms with Gasteiger partial charge in [-0.25, -0.2) is 4.98 Å². The maximum absolute atomic E-state index is 5.40. The summed E-state index contributed by atoms with van der Waals surface area (Å²) in [4.78, 5) is 4.28. The summed E-state index contributed by atoms with van der Waals surface area (Å²) in [7, 11) is 1.77. The largest absolute Gasteiger partial charge is 0.379 e. The lowest BCUT2D eigenvalue weighted by atomic mass is 10.2. The molecule has 1 aromatic rings. The molecule has 1 aromatic heterocycles. The van der Waals surface area contributed by atoms with Crippen LogP contribution < -0.4 is 5.32 Å². The Bertz CT molecular complexity index is 302. The van der Waals surface area contributed by atoms with Crippen LogP contribution in [0.5, 0.6) is 0 Å². The van der Waals surface area contributed by atoms with E-state index in [1.165, 1.54) is 18.0 Å². The van der Waals surface area contributed by atoms with Gasteiger partial charge in [0.1, 0.15) is 5.82 Å². The summed E-state index contributed by atoms with van der Waals surface area (Å²) >= 11 is 1.42. The molecule has 0 bridgehead atoms. The van der Waals surface area contributed by atoms with Crippen LogP contribution >= 0.6 is 11.5 Å². The quantitative estimate of drug-likeness (QED) is 0.832. The normalized spacial score (nSPS) is 26.7. The number of nitrogens with one attached hydrogen (secondary N) is 1.